The first-order chi connectivity index (χ1) is 9.94. The zero-order chi connectivity index (χ0) is 15.3. The monoisotopic (exact) mass is 291 g/mol. The van der Waals surface area contributed by atoms with Crippen molar-refractivity contribution < 1.29 is 4.74 Å². The van der Waals surface area contributed by atoms with E-state index in [0.717, 1.165) is 31.4 Å². The van der Waals surface area contributed by atoms with Gasteiger partial charge in [0.15, 0.2) is 0 Å². The van der Waals surface area contributed by atoms with Crippen LogP contribution in [0.25, 0.3) is 0 Å². The predicted octanol–water partition coefficient (Wildman–Crippen LogP) is 2.58. The number of hydrogen-bond acceptors (Lipinski definition) is 4. The van der Waals surface area contributed by atoms with Crippen molar-refractivity contribution in [1.29, 1.82) is 0 Å². The number of hydrogen-bond donors (Lipinski definition) is 1. The summed E-state index contributed by atoms with van der Waals surface area (Å²) in [6.45, 7) is 9.75. The molecular formula is C17H29N3O. The van der Waals surface area contributed by atoms with Crippen molar-refractivity contribution in [3.8, 4) is 0 Å². The quantitative estimate of drug-likeness (QED) is 0.747. The van der Waals surface area contributed by atoms with E-state index in [-0.39, 0.29) is 5.54 Å². The van der Waals surface area contributed by atoms with Crippen LogP contribution in [0.1, 0.15) is 44.9 Å². The van der Waals surface area contributed by atoms with Crippen molar-refractivity contribution >= 4 is 0 Å². The molecule has 1 aromatic heterocycles. The maximum absolute atomic E-state index is 5.70. The molecule has 21 heavy (non-hydrogen) atoms. The Bertz CT molecular complexity index is 421. The van der Waals surface area contributed by atoms with Crippen LogP contribution in [0, 0.1) is 0 Å². The van der Waals surface area contributed by atoms with Crippen LogP contribution < -0.4 is 5.32 Å². The Kier molecular flexibility index (Phi) is 5.73. The molecule has 1 N–H and O–H groups in total. The van der Waals surface area contributed by atoms with Crippen molar-refractivity contribution in [3.05, 3.63) is 29.6 Å². The summed E-state index contributed by atoms with van der Waals surface area (Å²) < 4.78 is 5.70. The minimum absolute atomic E-state index is 0.134. The average molecular weight is 291 g/mol. The molecule has 0 atom stereocenters. The zero-order valence-electron chi connectivity index (χ0n) is 13.9. The second kappa shape index (κ2) is 7.34. The van der Waals surface area contributed by atoms with Crippen LogP contribution in [0.5, 0.6) is 0 Å². The minimum atomic E-state index is 0.134. The van der Waals surface area contributed by atoms with Crippen LogP contribution in [0.2, 0.25) is 0 Å². The topological polar surface area (TPSA) is 37.4 Å². The molecule has 1 fully saturated rings. The third-order valence-electron chi connectivity index (χ3n) is 3.72. The van der Waals surface area contributed by atoms with Gasteiger partial charge >= 0.3 is 0 Å². The highest BCUT2D eigenvalue weighted by Gasteiger charge is 2.25. The summed E-state index contributed by atoms with van der Waals surface area (Å²) >= 11 is 0. The molecular weight excluding hydrogens is 262 g/mol. The van der Waals surface area contributed by atoms with Crippen LogP contribution >= 0.6 is 0 Å². The second-order valence-corrected chi connectivity index (χ2v) is 7.03. The molecule has 118 valence electrons. The van der Waals surface area contributed by atoms with Gasteiger partial charge < -0.3 is 15.0 Å². The van der Waals surface area contributed by atoms with E-state index in [2.05, 4.69) is 55.2 Å². The normalized spacial score (nSPS) is 15.7. The third kappa shape index (κ3) is 6.55. The van der Waals surface area contributed by atoms with E-state index in [1.807, 2.05) is 6.20 Å². The van der Waals surface area contributed by atoms with Gasteiger partial charge in [0.05, 0.1) is 18.9 Å². The minimum Gasteiger partial charge on any atom is -0.374 e. The molecule has 1 aromatic rings. The highest BCUT2D eigenvalue weighted by Crippen LogP contribution is 2.24. The summed E-state index contributed by atoms with van der Waals surface area (Å²) in [5.74, 6) is 0. The Morgan fingerprint density at radius 3 is 2.67 bits per heavy atom. The molecule has 0 unspecified atom stereocenters. The van der Waals surface area contributed by atoms with Crippen molar-refractivity contribution in [2.45, 2.75) is 58.3 Å². The molecule has 0 radical (unpaired) electrons. The Balaban J connectivity index is 1.64. The fourth-order valence-corrected chi connectivity index (χ4v) is 2.10. The van der Waals surface area contributed by atoms with Gasteiger partial charge in [-0.05, 0) is 52.3 Å². The van der Waals surface area contributed by atoms with Gasteiger partial charge in [0, 0.05) is 30.9 Å². The Morgan fingerprint density at radius 1 is 1.33 bits per heavy atom. The summed E-state index contributed by atoms with van der Waals surface area (Å²) in [6.07, 6.45) is 4.64. The lowest BCUT2D eigenvalue weighted by Gasteiger charge is -2.20. The number of nitrogens with one attached hydrogen (secondary N) is 1. The second-order valence-electron chi connectivity index (χ2n) is 7.03. The van der Waals surface area contributed by atoms with E-state index in [4.69, 9.17) is 4.74 Å². The van der Waals surface area contributed by atoms with Gasteiger partial charge in [-0.15, -0.1) is 0 Å². The van der Waals surface area contributed by atoms with Gasteiger partial charge in [-0.3, -0.25) is 4.98 Å². The smallest absolute Gasteiger partial charge is 0.0888 e. The molecule has 0 saturated heterocycles. The van der Waals surface area contributed by atoms with Gasteiger partial charge in [0.2, 0.25) is 0 Å². The number of nitrogens with zero attached hydrogens (tertiary/aromatic N) is 2. The summed E-state index contributed by atoms with van der Waals surface area (Å²) in [5, 5.41) is 3.46. The van der Waals surface area contributed by atoms with Gasteiger partial charge in [-0.2, -0.15) is 0 Å². The lowest BCUT2D eigenvalue weighted by molar-refractivity contribution is 0.0957. The van der Waals surface area contributed by atoms with E-state index in [0.29, 0.717) is 6.61 Å². The first-order valence-corrected chi connectivity index (χ1v) is 7.91. The molecule has 0 spiro atoms. The number of aromatic nitrogens is 1. The molecule has 1 aliphatic carbocycles. The molecule has 1 saturated carbocycles. The summed E-state index contributed by atoms with van der Waals surface area (Å²) in [4.78, 5) is 6.85. The Morgan fingerprint density at radius 2 is 2.10 bits per heavy atom. The Hall–Kier alpha value is -0.970. The van der Waals surface area contributed by atoms with Crippen molar-refractivity contribution in [3.63, 3.8) is 0 Å². The fraction of sp³-hybridized carbons (Fsp3) is 0.706. The highest BCUT2D eigenvalue weighted by atomic mass is 16.5. The number of pyridine rings is 1. The molecule has 1 aliphatic rings. The van der Waals surface area contributed by atoms with E-state index in [1.165, 1.54) is 18.4 Å². The molecule has 0 bridgehead atoms. The van der Waals surface area contributed by atoms with Crippen LogP contribution in [0.4, 0.5) is 0 Å². The van der Waals surface area contributed by atoms with Crippen LogP contribution in [0.15, 0.2) is 18.3 Å². The number of ether oxygens (including phenoxy) is 1. The number of rotatable bonds is 8. The van der Waals surface area contributed by atoms with E-state index in [1.54, 1.807) is 0 Å². The molecule has 4 heteroatoms. The largest absolute Gasteiger partial charge is 0.374 e. The fourth-order valence-electron chi connectivity index (χ4n) is 2.10. The van der Waals surface area contributed by atoms with E-state index < -0.39 is 0 Å². The summed E-state index contributed by atoms with van der Waals surface area (Å²) in [5.41, 5.74) is 2.35. The standard InChI is InChI=1S/C17H29N3O/c1-17(2,3)19-12-14-5-6-15(18-11-14)13-21-10-9-20(4)16-7-8-16/h5-6,11,16,19H,7-10,12-13H2,1-4H3. The van der Waals surface area contributed by atoms with Gasteiger partial charge in [-0.25, -0.2) is 0 Å². The molecule has 0 amide bonds. The Labute approximate surface area is 128 Å². The maximum atomic E-state index is 5.70. The molecule has 1 heterocycles. The first kappa shape index (κ1) is 16.4. The SMILES string of the molecule is CN(CCOCc1ccc(CNC(C)(C)C)cn1)C1CC1. The van der Waals surface area contributed by atoms with E-state index >= 15 is 0 Å². The van der Waals surface area contributed by atoms with Crippen molar-refractivity contribution in [2.75, 3.05) is 20.2 Å². The van der Waals surface area contributed by atoms with Gasteiger partial charge in [-0.1, -0.05) is 6.07 Å². The molecule has 4 nitrogen and oxygen atoms in total. The summed E-state index contributed by atoms with van der Waals surface area (Å²) in [7, 11) is 2.18. The van der Waals surface area contributed by atoms with Crippen LogP contribution in [0.3, 0.4) is 0 Å². The molecule has 2 rings (SSSR count). The zero-order valence-corrected chi connectivity index (χ0v) is 13.9. The molecule has 0 aliphatic heterocycles. The van der Waals surface area contributed by atoms with E-state index in [9.17, 15) is 0 Å². The average Bonchev–Trinajstić information content (AvgIpc) is 3.26. The lowest BCUT2D eigenvalue weighted by Crippen LogP contribution is -2.35. The van der Waals surface area contributed by atoms with Crippen LogP contribution in [-0.4, -0.2) is 41.7 Å². The highest BCUT2D eigenvalue weighted by molar-refractivity contribution is 5.13. The third-order valence-corrected chi connectivity index (χ3v) is 3.72. The number of likely N-dealkylation sites (N-methyl/N-ethyl adjacent to an activating group) is 1. The lowest BCUT2D eigenvalue weighted by atomic mass is 10.1. The van der Waals surface area contributed by atoms with Gasteiger partial charge in [0.25, 0.3) is 0 Å². The first-order valence-electron chi connectivity index (χ1n) is 7.91. The van der Waals surface area contributed by atoms with Gasteiger partial charge in [0.1, 0.15) is 0 Å². The molecule has 0 aromatic carbocycles. The van der Waals surface area contributed by atoms with Crippen LogP contribution in [-0.2, 0) is 17.9 Å². The maximum Gasteiger partial charge on any atom is 0.0888 e. The van der Waals surface area contributed by atoms with Crippen molar-refractivity contribution in [2.24, 2.45) is 0 Å². The van der Waals surface area contributed by atoms with Crippen molar-refractivity contribution in [1.82, 2.24) is 15.2 Å². The summed E-state index contributed by atoms with van der Waals surface area (Å²) in [6, 6.07) is 4.99. The predicted molar refractivity (Wildman–Crippen MR) is 86.1 cm³/mol.